The molecular formula is C27H36O14. The normalized spacial score (nSPS) is 43.1. The van der Waals surface area contributed by atoms with Crippen molar-refractivity contribution in [3.63, 3.8) is 0 Å². The molecule has 0 spiro atoms. The first kappa shape index (κ1) is 30.3. The van der Waals surface area contributed by atoms with E-state index in [1.54, 1.807) is 24.3 Å². The van der Waals surface area contributed by atoms with Crippen LogP contribution in [0.3, 0.4) is 0 Å². The third kappa shape index (κ3) is 6.14. The summed E-state index contributed by atoms with van der Waals surface area (Å²) in [4.78, 5) is 13.3. The van der Waals surface area contributed by atoms with E-state index >= 15 is 0 Å². The number of benzene rings is 1. The van der Waals surface area contributed by atoms with Crippen LogP contribution in [0, 0.1) is 5.92 Å². The summed E-state index contributed by atoms with van der Waals surface area (Å²) in [5.41, 5.74) is 0.948. The van der Waals surface area contributed by atoms with Crippen molar-refractivity contribution in [2.75, 3.05) is 20.3 Å². The zero-order valence-electron chi connectivity index (χ0n) is 22.2. The van der Waals surface area contributed by atoms with Crippen molar-refractivity contribution in [3.8, 4) is 5.75 Å². The molecule has 1 aromatic rings. The number of fused-ring (bicyclic) bond motifs is 1. The average molecular weight is 585 g/mol. The first-order chi connectivity index (χ1) is 19.6. The van der Waals surface area contributed by atoms with Crippen molar-refractivity contribution in [1.29, 1.82) is 0 Å². The van der Waals surface area contributed by atoms with Gasteiger partial charge in [0.05, 0.1) is 50.3 Å². The summed E-state index contributed by atoms with van der Waals surface area (Å²) < 4.78 is 33.1. The van der Waals surface area contributed by atoms with Gasteiger partial charge >= 0.3 is 0 Å². The number of hydrogen-bond donors (Lipinski definition) is 7. The molecule has 3 heterocycles. The second kappa shape index (κ2) is 12.6. The molecule has 0 radical (unpaired) electrons. The Bertz CT molecular complexity index is 1080. The van der Waals surface area contributed by atoms with E-state index in [4.69, 9.17) is 28.4 Å². The Morgan fingerprint density at radius 1 is 0.854 bits per heavy atom. The van der Waals surface area contributed by atoms with E-state index in [0.717, 1.165) is 0 Å². The number of allylic oxidation sites excluding steroid dienone is 1. The number of aliphatic hydroxyl groups is 7. The van der Waals surface area contributed by atoms with Crippen LogP contribution < -0.4 is 4.74 Å². The number of methoxy groups -OCH3 is 1. The van der Waals surface area contributed by atoms with Gasteiger partial charge in [0.15, 0.2) is 18.4 Å². The van der Waals surface area contributed by atoms with Gasteiger partial charge in [-0.3, -0.25) is 4.79 Å². The highest BCUT2D eigenvalue weighted by Gasteiger charge is 2.50. The summed E-state index contributed by atoms with van der Waals surface area (Å²) in [5, 5.41) is 71.7. The first-order valence-corrected chi connectivity index (χ1v) is 13.4. The molecule has 0 bridgehead atoms. The fourth-order valence-corrected chi connectivity index (χ4v) is 5.61. The Hall–Kier alpha value is -2.21. The number of aliphatic hydroxyl groups excluding tert-OH is 7. The third-order valence-electron chi connectivity index (χ3n) is 8.02. The second-order valence-electron chi connectivity index (χ2n) is 10.7. The largest absolute Gasteiger partial charge is 0.497 e. The zero-order valence-corrected chi connectivity index (χ0v) is 22.2. The number of Topliss-reactive ketones (excluding diaryl/α,β-unsaturated/α-hetero) is 1. The molecule has 4 aliphatic rings. The van der Waals surface area contributed by atoms with E-state index < -0.39 is 86.1 Å². The van der Waals surface area contributed by atoms with Crippen molar-refractivity contribution in [2.24, 2.45) is 5.92 Å². The van der Waals surface area contributed by atoms with Crippen molar-refractivity contribution >= 4 is 11.4 Å². The molecule has 14 nitrogen and oxygen atoms in total. The third-order valence-corrected chi connectivity index (χ3v) is 8.02. The Morgan fingerprint density at radius 3 is 2.27 bits per heavy atom. The molecule has 1 aliphatic carbocycles. The molecule has 1 saturated carbocycles. The second-order valence-corrected chi connectivity index (χ2v) is 10.7. The van der Waals surface area contributed by atoms with Crippen molar-refractivity contribution in [3.05, 3.63) is 36.1 Å². The van der Waals surface area contributed by atoms with Crippen LogP contribution in [0.2, 0.25) is 0 Å². The SMILES string of the molecule is COc1ccc(C2=COC3CC(O[C@@H]4O[C@H](CO[C@@H]5OC[C@@H](O)[C@H](O)[C@H]5O)[C@@H](O)[C@H](O)[C@H]4O)CC(O)C3C2=O)cc1. The summed E-state index contributed by atoms with van der Waals surface area (Å²) in [7, 11) is 1.54. The minimum absolute atomic E-state index is 0.0148. The highest BCUT2D eigenvalue weighted by Crippen LogP contribution is 2.39. The lowest BCUT2D eigenvalue weighted by atomic mass is 9.76. The summed E-state index contributed by atoms with van der Waals surface area (Å²) >= 11 is 0. The molecule has 1 aromatic carbocycles. The molecule has 4 unspecified atom stereocenters. The Morgan fingerprint density at radius 2 is 1.56 bits per heavy atom. The lowest BCUT2D eigenvalue weighted by Crippen LogP contribution is -2.61. The highest BCUT2D eigenvalue weighted by molar-refractivity contribution is 6.22. The van der Waals surface area contributed by atoms with Gasteiger partial charge in [-0.2, -0.15) is 0 Å². The molecule has 41 heavy (non-hydrogen) atoms. The number of ketones is 1. The molecule has 228 valence electrons. The minimum Gasteiger partial charge on any atom is -0.497 e. The highest BCUT2D eigenvalue weighted by atomic mass is 16.7. The molecule has 0 aromatic heterocycles. The van der Waals surface area contributed by atoms with Crippen LogP contribution in [-0.4, -0.2) is 135 Å². The van der Waals surface area contributed by atoms with E-state index in [0.29, 0.717) is 16.9 Å². The average Bonchev–Trinajstić information content (AvgIpc) is 2.96. The Balaban J connectivity index is 1.21. The minimum atomic E-state index is -1.68. The zero-order chi connectivity index (χ0) is 29.4. The molecule has 0 amide bonds. The summed E-state index contributed by atoms with van der Waals surface area (Å²) in [6.07, 6.45) is -14.3. The molecule has 5 rings (SSSR count). The van der Waals surface area contributed by atoms with E-state index in [1.165, 1.54) is 13.4 Å². The van der Waals surface area contributed by atoms with Crippen molar-refractivity contribution < 1.29 is 69.0 Å². The van der Waals surface area contributed by atoms with Gasteiger partial charge < -0.3 is 64.2 Å². The van der Waals surface area contributed by atoms with Crippen molar-refractivity contribution in [2.45, 2.75) is 86.5 Å². The molecule has 3 aliphatic heterocycles. The number of rotatable bonds is 7. The van der Waals surface area contributed by atoms with E-state index in [9.17, 15) is 40.5 Å². The monoisotopic (exact) mass is 584 g/mol. The standard InChI is InChI=1S/C27H36O14/c1-36-12-4-2-11(3-5-12)14-8-37-17-7-13(6-15(28)19(17)20(14)30)40-27-25(35)23(33)22(32)18(41-27)10-39-26-24(34)21(31)16(29)9-38-26/h2-5,8,13,15-19,21-29,31-35H,6-7,9-10H2,1H3/t13?,15?,16-,17?,18-,19?,21+,22-,23+,24-,25-,26+,27-/m1/s1. The maximum absolute atomic E-state index is 13.3. The van der Waals surface area contributed by atoms with Crippen LogP contribution in [0.1, 0.15) is 18.4 Å². The lowest BCUT2D eigenvalue weighted by Gasteiger charge is -2.45. The molecular weight excluding hydrogens is 548 g/mol. The predicted molar refractivity (Wildman–Crippen MR) is 135 cm³/mol. The molecule has 3 fully saturated rings. The van der Waals surface area contributed by atoms with Gasteiger partial charge in [0.1, 0.15) is 54.6 Å². The fourth-order valence-electron chi connectivity index (χ4n) is 5.61. The lowest BCUT2D eigenvalue weighted by molar-refractivity contribution is -0.331. The number of carbonyl (C=O) groups is 1. The van der Waals surface area contributed by atoms with E-state index in [1.807, 2.05) is 0 Å². The Labute approximate surface area is 235 Å². The van der Waals surface area contributed by atoms with Gasteiger partial charge in [-0.15, -0.1) is 0 Å². The summed E-state index contributed by atoms with van der Waals surface area (Å²) in [6, 6.07) is 6.88. The van der Waals surface area contributed by atoms with Crippen LogP contribution in [-0.2, 0) is 28.5 Å². The van der Waals surface area contributed by atoms with Crippen LogP contribution in [0.5, 0.6) is 5.75 Å². The first-order valence-electron chi connectivity index (χ1n) is 13.4. The fraction of sp³-hybridized carbons (Fsp3) is 0.667. The Kier molecular flexibility index (Phi) is 9.28. The van der Waals surface area contributed by atoms with Crippen LogP contribution >= 0.6 is 0 Å². The maximum Gasteiger partial charge on any atom is 0.186 e. The molecule has 13 atom stereocenters. The smallest absolute Gasteiger partial charge is 0.186 e. The maximum atomic E-state index is 13.3. The van der Waals surface area contributed by atoms with Gasteiger partial charge in [-0.05, 0) is 17.7 Å². The van der Waals surface area contributed by atoms with Gasteiger partial charge in [0.25, 0.3) is 0 Å². The van der Waals surface area contributed by atoms with E-state index in [-0.39, 0.29) is 25.2 Å². The summed E-state index contributed by atoms with van der Waals surface area (Å²) in [6.45, 7) is -0.721. The molecule has 2 saturated heterocycles. The van der Waals surface area contributed by atoms with Crippen LogP contribution in [0.15, 0.2) is 30.5 Å². The number of carbonyl (C=O) groups excluding carboxylic acids is 1. The van der Waals surface area contributed by atoms with Gasteiger partial charge in [0, 0.05) is 12.8 Å². The number of ether oxygens (including phenoxy) is 6. The van der Waals surface area contributed by atoms with Gasteiger partial charge in [0.2, 0.25) is 0 Å². The summed E-state index contributed by atoms with van der Waals surface area (Å²) in [5.74, 6) is -0.475. The van der Waals surface area contributed by atoms with Crippen LogP contribution in [0.25, 0.3) is 5.57 Å². The number of hydrogen-bond acceptors (Lipinski definition) is 14. The molecule has 7 N–H and O–H groups in total. The van der Waals surface area contributed by atoms with Gasteiger partial charge in [-0.1, -0.05) is 12.1 Å². The van der Waals surface area contributed by atoms with Gasteiger partial charge in [-0.25, -0.2) is 0 Å². The van der Waals surface area contributed by atoms with Crippen LogP contribution in [0.4, 0.5) is 0 Å². The van der Waals surface area contributed by atoms with Crippen molar-refractivity contribution in [1.82, 2.24) is 0 Å². The predicted octanol–water partition coefficient (Wildman–Crippen LogP) is -2.58. The topological polar surface area (TPSA) is 214 Å². The van der Waals surface area contributed by atoms with E-state index in [2.05, 4.69) is 0 Å². The quantitative estimate of drug-likeness (QED) is 0.175. The molecule has 14 heteroatoms.